The van der Waals surface area contributed by atoms with Gasteiger partial charge in [-0.05, 0) is 6.92 Å². The summed E-state index contributed by atoms with van der Waals surface area (Å²) in [4.78, 5) is 6.75. The van der Waals surface area contributed by atoms with E-state index in [0.717, 1.165) is 5.82 Å². The number of aromatic nitrogens is 2. The highest BCUT2D eigenvalue weighted by atomic mass is 14.9. The summed E-state index contributed by atoms with van der Waals surface area (Å²) in [5, 5.41) is 0. The summed E-state index contributed by atoms with van der Waals surface area (Å²) in [6, 6.07) is 0. The molecule has 2 heteroatoms. The zero-order valence-electron chi connectivity index (χ0n) is 49.5. The van der Waals surface area contributed by atoms with E-state index in [1.807, 2.05) is 6.92 Å². The summed E-state index contributed by atoms with van der Waals surface area (Å²) in [7, 11) is 0. The third-order valence-electron chi connectivity index (χ3n) is 12.4. The Morgan fingerprint density at radius 2 is 0.348 bits per heavy atom. The Morgan fingerprint density at radius 3 is 0.409 bits per heavy atom. The lowest BCUT2D eigenvalue weighted by molar-refractivity contribution is 0.585. The highest BCUT2D eigenvalue weighted by Gasteiger charge is 1.92. The maximum absolute atomic E-state index is 3.86. The van der Waals surface area contributed by atoms with Crippen LogP contribution in [0.5, 0.6) is 0 Å². The van der Waals surface area contributed by atoms with Crippen molar-refractivity contribution in [3.8, 4) is 0 Å². The molecule has 404 valence electrons. The zero-order valence-corrected chi connectivity index (χ0v) is 49.5. The summed E-state index contributed by atoms with van der Waals surface area (Å²) in [6.45, 7) is 29.2. The number of nitrogens with zero attached hydrogens (tertiary/aromatic N) is 1. The zero-order chi connectivity index (χ0) is 50.3. The van der Waals surface area contributed by atoms with Crippen LogP contribution < -0.4 is 0 Å². The highest BCUT2D eigenvalue weighted by Crippen LogP contribution is 2.11. The molecule has 0 aliphatic carbocycles. The largest absolute Gasteiger partial charge is 0.349 e. The van der Waals surface area contributed by atoms with Crippen LogP contribution in [0.15, 0.2) is 12.4 Å². The van der Waals surface area contributed by atoms with Crippen LogP contribution in [0.25, 0.3) is 0 Å². The Labute approximate surface area is 424 Å². The Hall–Kier alpha value is -0.790. The third kappa shape index (κ3) is 105. The van der Waals surface area contributed by atoms with Gasteiger partial charge in [-0.1, -0.05) is 391 Å². The molecule has 66 heavy (non-hydrogen) atoms. The Morgan fingerprint density at radius 1 is 0.227 bits per heavy atom. The molecule has 0 radical (unpaired) electrons. The predicted molar refractivity (Wildman–Crippen MR) is 313 cm³/mol. The molecule has 0 aliphatic heterocycles. The van der Waals surface area contributed by atoms with Gasteiger partial charge < -0.3 is 4.98 Å². The fraction of sp³-hybridized carbons (Fsp3) is 0.953. The number of hydrogen-bond acceptors (Lipinski definition) is 1. The van der Waals surface area contributed by atoms with Crippen molar-refractivity contribution in [2.24, 2.45) is 0 Å². The first-order chi connectivity index (χ1) is 32.4. The van der Waals surface area contributed by atoms with Crippen LogP contribution in [0.1, 0.15) is 397 Å². The van der Waals surface area contributed by atoms with Crippen LogP contribution in [-0.2, 0) is 0 Å². The molecule has 1 aromatic rings. The molecule has 0 fully saturated rings. The highest BCUT2D eigenvalue weighted by molar-refractivity contribution is 4.80. The van der Waals surface area contributed by atoms with Gasteiger partial charge >= 0.3 is 0 Å². The Bertz CT molecular complexity index is 585. The van der Waals surface area contributed by atoms with Gasteiger partial charge in [-0.2, -0.15) is 0 Å². The molecule has 1 N–H and O–H groups in total. The van der Waals surface area contributed by atoms with Crippen molar-refractivity contribution in [2.75, 3.05) is 0 Å². The lowest BCUT2D eigenvalue weighted by atomic mass is 10.1. The molecule has 0 saturated carbocycles. The van der Waals surface area contributed by atoms with Gasteiger partial charge in [0.15, 0.2) is 0 Å². The Kier molecular flexibility index (Phi) is 101. The second kappa shape index (κ2) is 87.3. The molecule has 1 aromatic heterocycles. The third-order valence-corrected chi connectivity index (χ3v) is 12.4. The number of imidazole rings is 1. The average Bonchev–Trinajstić information content (AvgIpc) is 3.83. The molecule has 2 nitrogen and oxygen atoms in total. The minimum Gasteiger partial charge on any atom is -0.349 e. The van der Waals surface area contributed by atoms with Gasteiger partial charge in [0.1, 0.15) is 5.82 Å². The van der Waals surface area contributed by atoms with Crippen molar-refractivity contribution in [1.82, 2.24) is 9.97 Å². The van der Waals surface area contributed by atoms with Crippen LogP contribution >= 0.6 is 0 Å². The summed E-state index contributed by atoms with van der Waals surface area (Å²) >= 11 is 0. The van der Waals surface area contributed by atoms with E-state index < -0.39 is 0 Å². The van der Waals surface area contributed by atoms with Crippen molar-refractivity contribution in [1.29, 1.82) is 0 Å². The van der Waals surface area contributed by atoms with E-state index in [2.05, 4.69) is 93.1 Å². The topological polar surface area (TPSA) is 28.7 Å². The van der Waals surface area contributed by atoms with Gasteiger partial charge in [0.05, 0.1) is 0 Å². The summed E-state index contributed by atoms with van der Waals surface area (Å²) < 4.78 is 0. The van der Waals surface area contributed by atoms with E-state index in [4.69, 9.17) is 0 Å². The summed E-state index contributed by atoms with van der Waals surface area (Å²) in [5.41, 5.74) is 0. The molecule has 0 unspecified atom stereocenters. The quantitative estimate of drug-likeness (QED) is 0.0650. The maximum atomic E-state index is 3.86. The molecular weight excluding hydrogens is 797 g/mol. The number of H-pyrrole nitrogens is 1. The van der Waals surface area contributed by atoms with Gasteiger partial charge in [-0.3, -0.25) is 0 Å². The number of unbranched alkanes of at least 4 members (excludes halogenated alkanes) is 42. The SMILES string of the molecule is CCCCCCCCCC.CCCCCCCCCC.CCCCCCCCCC.CCCCCCCCCC.CCCCCCCCCC.CCCCCCCCCC.Cc1ncc[nH]1. The van der Waals surface area contributed by atoms with E-state index >= 15 is 0 Å². The molecule has 0 saturated heterocycles. The van der Waals surface area contributed by atoms with Crippen LogP contribution in [-0.4, -0.2) is 9.97 Å². The fourth-order valence-corrected chi connectivity index (χ4v) is 7.59. The van der Waals surface area contributed by atoms with Gasteiger partial charge in [0.25, 0.3) is 0 Å². The first-order valence-electron chi connectivity index (χ1n) is 31.3. The Balaban J connectivity index is -0.000000160. The van der Waals surface area contributed by atoms with E-state index in [1.165, 1.54) is 308 Å². The number of nitrogens with one attached hydrogen (secondary N) is 1. The minimum absolute atomic E-state index is 0.968. The number of rotatable bonds is 42. The minimum atomic E-state index is 0.968. The van der Waals surface area contributed by atoms with Gasteiger partial charge in [-0.15, -0.1) is 0 Å². The predicted octanol–water partition coefficient (Wildman–Crippen LogP) is 25.6. The van der Waals surface area contributed by atoms with Crippen molar-refractivity contribution in [3.63, 3.8) is 0 Å². The summed E-state index contributed by atoms with van der Waals surface area (Å²) in [6.07, 6.45) is 72.3. The first kappa shape index (κ1) is 76.7. The van der Waals surface area contributed by atoms with Crippen molar-refractivity contribution >= 4 is 0 Å². The van der Waals surface area contributed by atoms with Gasteiger partial charge in [0.2, 0.25) is 0 Å². The number of aryl methyl sites for hydroxylation is 1. The van der Waals surface area contributed by atoms with Crippen molar-refractivity contribution in [2.45, 2.75) is 398 Å². The van der Waals surface area contributed by atoms with Gasteiger partial charge in [0, 0.05) is 12.4 Å². The van der Waals surface area contributed by atoms with Crippen molar-refractivity contribution in [3.05, 3.63) is 18.2 Å². The molecule has 0 amide bonds. The summed E-state index contributed by atoms with van der Waals surface area (Å²) in [5.74, 6) is 0.968. The molecule has 1 rings (SSSR count). The van der Waals surface area contributed by atoms with Crippen molar-refractivity contribution < 1.29 is 0 Å². The maximum Gasteiger partial charge on any atom is 0.102 e. The lowest BCUT2D eigenvalue weighted by Crippen LogP contribution is -1.77. The van der Waals surface area contributed by atoms with E-state index in [0.29, 0.717) is 0 Å². The van der Waals surface area contributed by atoms with Crippen LogP contribution in [0.4, 0.5) is 0 Å². The standard InChI is InChI=1S/6C10H22.C4H6N2/c6*1-3-5-7-9-10-8-6-4-2;1-4-5-2-3-6-4/h6*3-10H2,1-2H3;2-3H,1H3,(H,5,6). The smallest absolute Gasteiger partial charge is 0.102 e. The van der Waals surface area contributed by atoms with E-state index in [-0.39, 0.29) is 0 Å². The molecule has 0 bridgehead atoms. The monoisotopic (exact) mass is 935 g/mol. The second-order valence-corrected chi connectivity index (χ2v) is 19.9. The molecule has 0 atom stereocenters. The number of aromatic amines is 1. The van der Waals surface area contributed by atoms with Crippen LogP contribution in [0.2, 0.25) is 0 Å². The van der Waals surface area contributed by atoms with Gasteiger partial charge in [-0.25, -0.2) is 4.98 Å². The normalized spacial score (nSPS) is 10.1. The van der Waals surface area contributed by atoms with Crippen LogP contribution in [0, 0.1) is 6.92 Å². The molecule has 0 spiro atoms. The molecular formula is C64H138N2. The number of hydrogen-bond donors (Lipinski definition) is 1. The fourth-order valence-electron chi connectivity index (χ4n) is 7.59. The second-order valence-electron chi connectivity index (χ2n) is 19.9. The first-order valence-corrected chi connectivity index (χ1v) is 31.3. The van der Waals surface area contributed by atoms with E-state index in [1.54, 1.807) is 12.4 Å². The molecule has 0 aromatic carbocycles. The lowest BCUT2D eigenvalue weighted by Gasteiger charge is -1.97. The molecule has 0 aliphatic rings. The van der Waals surface area contributed by atoms with Crippen LogP contribution in [0.3, 0.4) is 0 Å². The average molecular weight is 936 g/mol. The van der Waals surface area contributed by atoms with E-state index in [9.17, 15) is 0 Å². The molecule has 1 heterocycles.